The average Bonchev–Trinajstić information content (AvgIpc) is 2.25. The molecule has 1 heteroatoms. The lowest BCUT2D eigenvalue weighted by Crippen LogP contribution is -2.06. The Labute approximate surface area is 99.1 Å². The predicted octanol–water partition coefficient (Wildman–Crippen LogP) is 4.23. The van der Waals surface area contributed by atoms with E-state index in [-0.39, 0.29) is 5.41 Å². The molecular weight excluding hydrogens is 196 g/mol. The molecule has 0 aliphatic carbocycles. The van der Waals surface area contributed by atoms with E-state index >= 15 is 0 Å². The van der Waals surface area contributed by atoms with Gasteiger partial charge < -0.3 is 4.74 Å². The van der Waals surface area contributed by atoms with Gasteiger partial charge in [0.1, 0.15) is 5.75 Å². The van der Waals surface area contributed by atoms with Crippen LogP contribution in [-0.2, 0) is 6.42 Å². The molecule has 0 N–H and O–H groups in total. The fourth-order valence-electron chi connectivity index (χ4n) is 1.34. The van der Waals surface area contributed by atoms with Gasteiger partial charge in [0.25, 0.3) is 0 Å². The molecule has 0 aliphatic rings. The monoisotopic (exact) mass is 218 g/mol. The van der Waals surface area contributed by atoms with Crippen LogP contribution >= 0.6 is 0 Å². The summed E-state index contributed by atoms with van der Waals surface area (Å²) in [6.07, 6.45) is 3.30. The first-order valence-electron chi connectivity index (χ1n) is 5.73. The zero-order chi connectivity index (χ0) is 12.2. The molecule has 0 saturated carbocycles. The Morgan fingerprint density at radius 2 is 1.75 bits per heavy atom. The van der Waals surface area contributed by atoms with Crippen molar-refractivity contribution in [2.45, 2.75) is 34.1 Å². The van der Waals surface area contributed by atoms with E-state index in [1.54, 1.807) is 7.11 Å². The lowest BCUT2D eigenvalue weighted by atomic mass is 9.87. The highest BCUT2D eigenvalue weighted by atomic mass is 16.5. The highest BCUT2D eigenvalue weighted by Crippen LogP contribution is 2.24. The summed E-state index contributed by atoms with van der Waals surface area (Å²) in [5.74, 6) is 0.917. The molecule has 1 aromatic carbocycles. The van der Waals surface area contributed by atoms with Crippen LogP contribution in [0, 0.1) is 5.41 Å². The molecule has 1 rings (SSSR count). The van der Waals surface area contributed by atoms with Crippen LogP contribution in [0.15, 0.2) is 35.9 Å². The van der Waals surface area contributed by atoms with Crippen molar-refractivity contribution in [3.05, 3.63) is 41.5 Å². The fourth-order valence-corrected chi connectivity index (χ4v) is 1.34. The molecule has 0 amide bonds. The van der Waals surface area contributed by atoms with Crippen LogP contribution in [0.2, 0.25) is 0 Å². The second kappa shape index (κ2) is 5.20. The van der Waals surface area contributed by atoms with Gasteiger partial charge in [-0.2, -0.15) is 0 Å². The van der Waals surface area contributed by atoms with Gasteiger partial charge in [0.2, 0.25) is 0 Å². The van der Waals surface area contributed by atoms with Crippen LogP contribution in [0.3, 0.4) is 0 Å². The summed E-state index contributed by atoms with van der Waals surface area (Å²) in [6.45, 7) is 8.93. The smallest absolute Gasteiger partial charge is 0.118 e. The van der Waals surface area contributed by atoms with Crippen LogP contribution in [0.25, 0.3) is 0 Å². The topological polar surface area (TPSA) is 9.23 Å². The van der Waals surface area contributed by atoms with Gasteiger partial charge in [0.15, 0.2) is 0 Å². The molecule has 1 aromatic rings. The van der Waals surface area contributed by atoms with Gasteiger partial charge in [-0.1, -0.05) is 44.6 Å². The molecular formula is C15H22O. The molecule has 1 nitrogen and oxygen atoms in total. The number of hydrogen-bond donors (Lipinski definition) is 0. The van der Waals surface area contributed by atoms with Crippen LogP contribution in [-0.4, -0.2) is 7.11 Å². The molecule has 88 valence electrons. The minimum atomic E-state index is 0.270. The Morgan fingerprint density at radius 3 is 2.19 bits per heavy atom. The van der Waals surface area contributed by atoms with Gasteiger partial charge in [-0.05, 0) is 36.5 Å². The Balaban J connectivity index is 2.67. The maximum absolute atomic E-state index is 5.13. The zero-order valence-corrected chi connectivity index (χ0v) is 11.0. The second-order valence-electron chi connectivity index (χ2n) is 5.19. The van der Waals surface area contributed by atoms with Gasteiger partial charge in [-0.15, -0.1) is 0 Å². The highest BCUT2D eigenvalue weighted by molar-refractivity contribution is 5.29. The van der Waals surface area contributed by atoms with Crippen LogP contribution < -0.4 is 4.74 Å². The van der Waals surface area contributed by atoms with Crippen molar-refractivity contribution < 1.29 is 4.74 Å². The minimum Gasteiger partial charge on any atom is -0.497 e. The molecule has 0 heterocycles. The third-order valence-corrected chi connectivity index (χ3v) is 2.99. The van der Waals surface area contributed by atoms with E-state index in [2.05, 4.69) is 45.9 Å². The number of benzene rings is 1. The Kier molecular flexibility index (Phi) is 4.17. The van der Waals surface area contributed by atoms with Crippen molar-refractivity contribution in [3.8, 4) is 5.75 Å². The standard InChI is InChI=1S/C15H22O/c1-12(15(2,3)4)6-7-13-8-10-14(16-5)11-9-13/h6,8-11H,7H2,1-5H3/b12-6+. The summed E-state index contributed by atoms with van der Waals surface area (Å²) >= 11 is 0. The summed E-state index contributed by atoms with van der Waals surface area (Å²) in [7, 11) is 1.69. The van der Waals surface area contributed by atoms with Gasteiger partial charge >= 0.3 is 0 Å². The molecule has 16 heavy (non-hydrogen) atoms. The molecule has 0 fully saturated rings. The maximum Gasteiger partial charge on any atom is 0.118 e. The summed E-state index contributed by atoms with van der Waals surface area (Å²) in [6, 6.07) is 8.25. The van der Waals surface area contributed by atoms with E-state index < -0.39 is 0 Å². The minimum absolute atomic E-state index is 0.270. The van der Waals surface area contributed by atoms with E-state index in [0.29, 0.717) is 0 Å². The normalized spacial score (nSPS) is 12.7. The molecule has 0 radical (unpaired) electrons. The van der Waals surface area contributed by atoms with Gasteiger partial charge in [0.05, 0.1) is 7.11 Å². The number of hydrogen-bond acceptors (Lipinski definition) is 1. The molecule has 0 aliphatic heterocycles. The second-order valence-corrected chi connectivity index (χ2v) is 5.19. The quantitative estimate of drug-likeness (QED) is 0.690. The third-order valence-electron chi connectivity index (χ3n) is 2.99. The first-order valence-corrected chi connectivity index (χ1v) is 5.73. The predicted molar refractivity (Wildman–Crippen MR) is 69.9 cm³/mol. The van der Waals surface area contributed by atoms with Crippen LogP contribution in [0.1, 0.15) is 33.3 Å². The van der Waals surface area contributed by atoms with Crippen molar-refractivity contribution in [3.63, 3.8) is 0 Å². The van der Waals surface area contributed by atoms with Crippen LogP contribution in [0.4, 0.5) is 0 Å². The molecule has 0 spiro atoms. The first-order chi connectivity index (χ1) is 7.43. The molecule has 0 atom stereocenters. The van der Waals surface area contributed by atoms with E-state index in [1.165, 1.54) is 11.1 Å². The van der Waals surface area contributed by atoms with E-state index in [4.69, 9.17) is 4.74 Å². The summed E-state index contributed by atoms with van der Waals surface area (Å²) < 4.78 is 5.13. The number of ether oxygens (including phenoxy) is 1. The van der Waals surface area contributed by atoms with Gasteiger partial charge in [-0.3, -0.25) is 0 Å². The lowest BCUT2D eigenvalue weighted by molar-refractivity contribution is 0.414. The van der Waals surface area contributed by atoms with E-state index in [1.807, 2.05) is 12.1 Å². The van der Waals surface area contributed by atoms with Crippen molar-refractivity contribution in [1.29, 1.82) is 0 Å². The summed E-state index contributed by atoms with van der Waals surface area (Å²) in [5, 5.41) is 0. The molecule has 0 bridgehead atoms. The van der Waals surface area contributed by atoms with E-state index in [9.17, 15) is 0 Å². The van der Waals surface area contributed by atoms with Crippen molar-refractivity contribution in [2.24, 2.45) is 5.41 Å². The molecule has 0 saturated heterocycles. The van der Waals surface area contributed by atoms with Crippen LogP contribution in [0.5, 0.6) is 5.75 Å². The fraction of sp³-hybridized carbons (Fsp3) is 0.467. The van der Waals surface area contributed by atoms with Crippen molar-refractivity contribution >= 4 is 0 Å². The third kappa shape index (κ3) is 3.73. The molecule has 0 unspecified atom stereocenters. The summed E-state index contributed by atoms with van der Waals surface area (Å²) in [4.78, 5) is 0. The first kappa shape index (κ1) is 12.8. The lowest BCUT2D eigenvalue weighted by Gasteiger charge is -2.19. The largest absolute Gasteiger partial charge is 0.497 e. The summed E-state index contributed by atoms with van der Waals surface area (Å²) in [5.41, 5.74) is 3.03. The average molecular weight is 218 g/mol. The Hall–Kier alpha value is -1.24. The highest BCUT2D eigenvalue weighted by Gasteiger charge is 2.11. The maximum atomic E-state index is 5.13. The number of rotatable bonds is 3. The van der Waals surface area contributed by atoms with Crippen molar-refractivity contribution in [1.82, 2.24) is 0 Å². The number of allylic oxidation sites excluding steroid dienone is 2. The van der Waals surface area contributed by atoms with Gasteiger partial charge in [0, 0.05) is 0 Å². The SMILES string of the molecule is COc1ccc(C/C=C(\C)C(C)(C)C)cc1. The van der Waals surface area contributed by atoms with Gasteiger partial charge in [-0.25, -0.2) is 0 Å². The Morgan fingerprint density at radius 1 is 1.19 bits per heavy atom. The molecule has 0 aromatic heterocycles. The Bertz CT molecular complexity index is 352. The van der Waals surface area contributed by atoms with Crippen molar-refractivity contribution in [2.75, 3.05) is 7.11 Å². The number of methoxy groups -OCH3 is 1. The van der Waals surface area contributed by atoms with E-state index in [0.717, 1.165) is 12.2 Å². The zero-order valence-electron chi connectivity index (χ0n) is 11.0.